The summed E-state index contributed by atoms with van der Waals surface area (Å²) in [6.07, 6.45) is 5.21. The van der Waals surface area contributed by atoms with Gasteiger partial charge in [0.25, 0.3) is 0 Å². The van der Waals surface area contributed by atoms with Crippen LogP contribution in [0.5, 0.6) is 5.75 Å². The van der Waals surface area contributed by atoms with Gasteiger partial charge in [-0.05, 0) is 18.6 Å². The number of nitrogens with zero attached hydrogens (tertiary/aromatic N) is 3. The van der Waals surface area contributed by atoms with Crippen LogP contribution in [0.25, 0.3) is 0 Å². The van der Waals surface area contributed by atoms with E-state index in [0.29, 0.717) is 6.61 Å². The third-order valence-corrected chi connectivity index (χ3v) is 3.98. The summed E-state index contributed by atoms with van der Waals surface area (Å²) in [6, 6.07) is 10.1. The van der Waals surface area contributed by atoms with Crippen LogP contribution in [0.4, 0.5) is 0 Å². The van der Waals surface area contributed by atoms with Gasteiger partial charge < -0.3 is 14.0 Å². The van der Waals surface area contributed by atoms with Crippen molar-refractivity contribution in [1.82, 2.24) is 14.5 Å². The van der Waals surface area contributed by atoms with Gasteiger partial charge in [0, 0.05) is 39.1 Å². The Kier molecular flexibility index (Phi) is 5.08. The number of ether oxygens (including phenoxy) is 2. The van der Waals surface area contributed by atoms with Crippen molar-refractivity contribution in [3.63, 3.8) is 0 Å². The molecule has 0 bridgehead atoms. The summed E-state index contributed by atoms with van der Waals surface area (Å²) in [7, 11) is 1.72. The minimum atomic E-state index is 0.268. The first-order valence-electron chi connectivity index (χ1n) is 7.78. The second kappa shape index (κ2) is 7.42. The van der Waals surface area contributed by atoms with Gasteiger partial charge in [-0.3, -0.25) is 4.90 Å². The number of aromatic nitrogens is 2. The van der Waals surface area contributed by atoms with Crippen molar-refractivity contribution < 1.29 is 9.47 Å². The highest BCUT2D eigenvalue weighted by atomic mass is 16.5. The van der Waals surface area contributed by atoms with Crippen LogP contribution in [0, 0.1) is 0 Å². The fraction of sp³-hybridized carbons (Fsp3) is 0.471. The first-order chi connectivity index (χ1) is 10.8. The highest BCUT2D eigenvalue weighted by molar-refractivity contribution is 5.21. The van der Waals surface area contributed by atoms with Gasteiger partial charge in [0.05, 0.1) is 13.2 Å². The first kappa shape index (κ1) is 15.1. The normalized spacial score (nSPS) is 18.7. The van der Waals surface area contributed by atoms with E-state index >= 15 is 0 Å². The predicted octanol–water partition coefficient (Wildman–Crippen LogP) is 2.18. The number of rotatable bonds is 7. The van der Waals surface area contributed by atoms with Gasteiger partial charge in [0.1, 0.15) is 17.7 Å². The lowest BCUT2D eigenvalue weighted by atomic mass is 10.3. The number of methoxy groups -OCH3 is 1. The quantitative estimate of drug-likeness (QED) is 0.786. The largest absolute Gasteiger partial charge is 0.489 e. The van der Waals surface area contributed by atoms with E-state index in [2.05, 4.69) is 14.5 Å². The summed E-state index contributed by atoms with van der Waals surface area (Å²) < 4.78 is 13.3. The lowest BCUT2D eigenvalue weighted by Gasteiger charge is -2.17. The van der Waals surface area contributed by atoms with Gasteiger partial charge in [0.2, 0.25) is 0 Å². The molecule has 2 aromatic rings. The van der Waals surface area contributed by atoms with Gasteiger partial charge in [-0.1, -0.05) is 18.2 Å². The minimum absolute atomic E-state index is 0.268. The summed E-state index contributed by atoms with van der Waals surface area (Å²) in [5, 5.41) is 0. The molecule has 0 radical (unpaired) electrons. The monoisotopic (exact) mass is 301 g/mol. The Balaban J connectivity index is 1.52. The van der Waals surface area contributed by atoms with Gasteiger partial charge in [-0.15, -0.1) is 0 Å². The van der Waals surface area contributed by atoms with Gasteiger partial charge in [0.15, 0.2) is 0 Å². The molecule has 1 unspecified atom stereocenters. The molecule has 2 heterocycles. The smallest absolute Gasteiger partial charge is 0.122 e. The third-order valence-electron chi connectivity index (χ3n) is 3.98. The Morgan fingerprint density at radius 2 is 2.14 bits per heavy atom. The molecule has 3 rings (SSSR count). The molecule has 1 aromatic heterocycles. The molecular weight excluding hydrogens is 278 g/mol. The van der Waals surface area contributed by atoms with Crippen molar-refractivity contribution in [3.8, 4) is 5.75 Å². The van der Waals surface area contributed by atoms with Crippen molar-refractivity contribution in [2.75, 3.05) is 26.8 Å². The van der Waals surface area contributed by atoms with E-state index in [4.69, 9.17) is 9.47 Å². The van der Waals surface area contributed by atoms with Crippen LogP contribution in [0.2, 0.25) is 0 Å². The van der Waals surface area contributed by atoms with E-state index in [0.717, 1.165) is 44.2 Å². The first-order valence-corrected chi connectivity index (χ1v) is 7.78. The van der Waals surface area contributed by atoms with E-state index < -0.39 is 0 Å². The molecule has 1 fully saturated rings. The molecule has 1 atom stereocenters. The number of hydrogen-bond acceptors (Lipinski definition) is 4. The van der Waals surface area contributed by atoms with Gasteiger partial charge >= 0.3 is 0 Å². The zero-order valence-electron chi connectivity index (χ0n) is 13.0. The average Bonchev–Trinajstić information content (AvgIpc) is 3.16. The minimum Gasteiger partial charge on any atom is -0.489 e. The van der Waals surface area contributed by atoms with E-state index in [1.807, 2.05) is 42.7 Å². The van der Waals surface area contributed by atoms with Crippen LogP contribution in [0.3, 0.4) is 0 Å². The number of imidazole rings is 1. The molecule has 118 valence electrons. The SMILES string of the molecule is COCCn1ccnc1CN1CCC(Oc2ccccc2)C1. The Bertz CT molecular complexity index is 570. The number of benzene rings is 1. The summed E-state index contributed by atoms with van der Waals surface area (Å²) in [6.45, 7) is 4.43. The van der Waals surface area contributed by atoms with Crippen molar-refractivity contribution in [1.29, 1.82) is 0 Å². The van der Waals surface area contributed by atoms with E-state index in [1.54, 1.807) is 7.11 Å². The molecule has 5 heteroatoms. The number of para-hydroxylation sites is 1. The van der Waals surface area contributed by atoms with Crippen molar-refractivity contribution in [3.05, 3.63) is 48.5 Å². The third kappa shape index (κ3) is 3.87. The summed E-state index contributed by atoms with van der Waals surface area (Å²) in [4.78, 5) is 6.87. The van der Waals surface area contributed by atoms with Crippen LogP contribution in [0.1, 0.15) is 12.2 Å². The highest BCUT2D eigenvalue weighted by Gasteiger charge is 2.24. The van der Waals surface area contributed by atoms with Crippen molar-refractivity contribution in [2.24, 2.45) is 0 Å². The highest BCUT2D eigenvalue weighted by Crippen LogP contribution is 2.19. The van der Waals surface area contributed by atoms with Crippen LogP contribution < -0.4 is 4.74 Å². The number of hydrogen-bond donors (Lipinski definition) is 0. The predicted molar refractivity (Wildman–Crippen MR) is 84.9 cm³/mol. The summed E-state index contributed by atoms with van der Waals surface area (Å²) >= 11 is 0. The molecule has 1 aliphatic heterocycles. The van der Waals surface area contributed by atoms with Gasteiger partial charge in [-0.2, -0.15) is 0 Å². The van der Waals surface area contributed by atoms with E-state index in [9.17, 15) is 0 Å². The summed E-state index contributed by atoms with van der Waals surface area (Å²) in [5.74, 6) is 2.05. The molecule has 0 aliphatic carbocycles. The molecule has 1 aromatic carbocycles. The van der Waals surface area contributed by atoms with Gasteiger partial charge in [-0.25, -0.2) is 4.98 Å². The lowest BCUT2D eigenvalue weighted by molar-refractivity contribution is 0.182. The molecule has 1 aliphatic rings. The maximum atomic E-state index is 6.03. The fourth-order valence-corrected chi connectivity index (χ4v) is 2.81. The molecule has 0 saturated carbocycles. The lowest BCUT2D eigenvalue weighted by Crippen LogP contribution is -2.26. The Morgan fingerprint density at radius 3 is 2.95 bits per heavy atom. The summed E-state index contributed by atoms with van der Waals surface area (Å²) in [5.41, 5.74) is 0. The standard InChI is InChI=1S/C17H23N3O2/c1-21-12-11-20-10-8-18-17(20)14-19-9-7-16(13-19)22-15-5-3-2-4-6-15/h2-6,8,10,16H,7,9,11-14H2,1H3. The van der Waals surface area contributed by atoms with Crippen LogP contribution in [-0.4, -0.2) is 47.4 Å². The van der Waals surface area contributed by atoms with Crippen LogP contribution in [-0.2, 0) is 17.8 Å². The fourth-order valence-electron chi connectivity index (χ4n) is 2.81. The molecule has 0 spiro atoms. The molecular formula is C17H23N3O2. The van der Waals surface area contributed by atoms with Crippen molar-refractivity contribution >= 4 is 0 Å². The maximum absolute atomic E-state index is 6.03. The molecule has 0 amide bonds. The zero-order valence-corrected chi connectivity index (χ0v) is 13.0. The Morgan fingerprint density at radius 1 is 1.27 bits per heavy atom. The molecule has 1 saturated heterocycles. The van der Waals surface area contributed by atoms with Crippen LogP contribution >= 0.6 is 0 Å². The molecule has 5 nitrogen and oxygen atoms in total. The average molecular weight is 301 g/mol. The second-order valence-electron chi connectivity index (χ2n) is 5.61. The van der Waals surface area contributed by atoms with Crippen LogP contribution in [0.15, 0.2) is 42.7 Å². The number of likely N-dealkylation sites (tertiary alicyclic amines) is 1. The zero-order chi connectivity index (χ0) is 15.2. The molecule has 0 N–H and O–H groups in total. The van der Waals surface area contributed by atoms with E-state index in [1.165, 1.54) is 0 Å². The molecule has 22 heavy (non-hydrogen) atoms. The second-order valence-corrected chi connectivity index (χ2v) is 5.61. The van der Waals surface area contributed by atoms with Crippen molar-refractivity contribution in [2.45, 2.75) is 25.6 Å². The topological polar surface area (TPSA) is 39.5 Å². The maximum Gasteiger partial charge on any atom is 0.122 e. The Hall–Kier alpha value is -1.85. The van der Waals surface area contributed by atoms with E-state index in [-0.39, 0.29) is 6.10 Å². The Labute approximate surface area is 131 Å².